The van der Waals surface area contributed by atoms with Crippen LogP contribution < -0.4 is 4.74 Å². The van der Waals surface area contributed by atoms with Gasteiger partial charge in [0.05, 0.1) is 12.0 Å². The number of nitro groups is 1. The van der Waals surface area contributed by atoms with E-state index in [0.29, 0.717) is 5.02 Å². The zero-order valence-electron chi connectivity index (χ0n) is 14.5. The molecule has 0 fully saturated rings. The number of nitrogens with zero attached hydrogens (tertiary/aromatic N) is 2. The highest BCUT2D eigenvalue weighted by Crippen LogP contribution is 2.25. The number of amides is 1. The van der Waals surface area contributed by atoms with Gasteiger partial charge in [-0.15, -0.1) is 0 Å². The Hall–Kier alpha value is -3.13. The molecule has 0 aliphatic heterocycles. The van der Waals surface area contributed by atoms with Gasteiger partial charge in [0.25, 0.3) is 5.91 Å². The van der Waals surface area contributed by atoms with Crippen molar-refractivity contribution in [3.05, 3.63) is 69.2 Å². The fraction of sp³-hybridized carbons (Fsp3) is 0.222. The summed E-state index contributed by atoms with van der Waals surface area (Å²) in [6.07, 6.45) is 0. The highest BCUT2D eigenvalue weighted by atomic mass is 35.5. The molecule has 1 amide bonds. The van der Waals surface area contributed by atoms with Crippen LogP contribution in [0.3, 0.4) is 0 Å². The molecule has 0 spiro atoms. The summed E-state index contributed by atoms with van der Waals surface area (Å²) in [5, 5.41) is 11.6. The van der Waals surface area contributed by atoms with Crippen molar-refractivity contribution < 1.29 is 24.0 Å². The summed E-state index contributed by atoms with van der Waals surface area (Å²) in [4.78, 5) is 35.8. The topological polar surface area (TPSA) is 99.0 Å². The summed E-state index contributed by atoms with van der Waals surface area (Å²) in [7, 11) is 1.22. The predicted molar refractivity (Wildman–Crippen MR) is 97.5 cm³/mol. The summed E-state index contributed by atoms with van der Waals surface area (Å²) in [5.41, 5.74) is 0.505. The fourth-order valence-corrected chi connectivity index (χ4v) is 2.35. The number of carbonyl (C=O) groups is 2. The zero-order chi connectivity index (χ0) is 19.8. The molecule has 0 radical (unpaired) electrons. The maximum absolute atomic E-state index is 12.5. The first kappa shape index (κ1) is 20.2. The van der Waals surface area contributed by atoms with Crippen LogP contribution in [0.25, 0.3) is 0 Å². The number of para-hydroxylation sites is 2. The summed E-state index contributed by atoms with van der Waals surface area (Å²) in [5.74, 6) is -1.14. The minimum Gasteiger partial charge on any atom is -0.477 e. The molecule has 0 aliphatic rings. The molecular formula is C18H17ClN2O6. The van der Waals surface area contributed by atoms with E-state index in [1.54, 1.807) is 30.3 Å². The van der Waals surface area contributed by atoms with Gasteiger partial charge in [-0.25, -0.2) is 0 Å². The van der Waals surface area contributed by atoms with Gasteiger partial charge in [-0.2, -0.15) is 0 Å². The van der Waals surface area contributed by atoms with E-state index in [4.69, 9.17) is 16.3 Å². The molecule has 142 valence electrons. The Bertz CT molecular complexity index is 825. The second-order valence-electron chi connectivity index (χ2n) is 5.47. The van der Waals surface area contributed by atoms with E-state index in [-0.39, 0.29) is 24.5 Å². The van der Waals surface area contributed by atoms with Gasteiger partial charge in [-0.05, 0) is 23.8 Å². The fourth-order valence-electron chi connectivity index (χ4n) is 2.22. The smallest absolute Gasteiger partial charge is 0.325 e. The number of nitro benzene ring substituents is 1. The molecule has 0 saturated heterocycles. The van der Waals surface area contributed by atoms with E-state index in [9.17, 15) is 19.7 Å². The molecule has 0 unspecified atom stereocenters. The summed E-state index contributed by atoms with van der Waals surface area (Å²) < 4.78 is 9.92. The molecule has 2 rings (SSSR count). The number of halogens is 1. The average Bonchev–Trinajstić information content (AvgIpc) is 2.67. The first-order chi connectivity index (χ1) is 12.9. The van der Waals surface area contributed by atoms with Crippen molar-refractivity contribution in [1.82, 2.24) is 4.90 Å². The quantitative estimate of drug-likeness (QED) is 0.389. The Balaban J connectivity index is 2.10. The third-order valence-corrected chi connectivity index (χ3v) is 3.85. The van der Waals surface area contributed by atoms with E-state index >= 15 is 0 Å². The van der Waals surface area contributed by atoms with Gasteiger partial charge in [-0.3, -0.25) is 19.7 Å². The minimum absolute atomic E-state index is 0.0274. The van der Waals surface area contributed by atoms with Crippen LogP contribution in [-0.4, -0.2) is 42.0 Å². The monoisotopic (exact) mass is 392 g/mol. The van der Waals surface area contributed by atoms with Crippen LogP contribution in [-0.2, 0) is 20.9 Å². The standard InChI is InChI=1S/C18H17ClN2O6/c1-26-18(23)11-20(10-13-6-8-14(19)9-7-13)17(22)12-27-16-5-3-2-4-15(16)21(24)25/h2-9H,10-12H2,1H3. The highest BCUT2D eigenvalue weighted by molar-refractivity contribution is 6.30. The molecule has 9 heteroatoms. The third-order valence-electron chi connectivity index (χ3n) is 3.60. The van der Waals surface area contributed by atoms with Crippen molar-refractivity contribution >= 4 is 29.2 Å². The van der Waals surface area contributed by atoms with E-state index in [2.05, 4.69) is 4.74 Å². The Morgan fingerprint density at radius 2 is 1.81 bits per heavy atom. The third kappa shape index (κ3) is 5.96. The van der Waals surface area contributed by atoms with Crippen molar-refractivity contribution in [2.24, 2.45) is 0 Å². The molecule has 27 heavy (non-hydrogen) atoms. The molecule has 0 saturated carbocycles. The molecule has 2 aromatic carbocycles. The van der Waals surface area contributed by atoms with Gasteiger partial charge in [0.2, 0.25) is 0 Å². The number of esters is 1. The van der Waals surface area contributed by atoms with Crippen LogP contribution in [0.5, 0.6) is 5.75 Å². The van der Waals surface area contributed by atoms with Crippen molar-refractivity contribution in [2.45, 2.75) is 6.54 Å². The number of benzene rings is 2. The van der Waals surface area contributed by atoms with Crippen LogP contribution in [0.1, 0.15) is 5.56 Å². The SMILES string of the molecule is COC(=O)CN(Cc1ccc(Cl)cc1)C(=O)COc1ccccc1[N+](=O)[O-]. The van der Waals surface area contributed by atoms with Crippen molar-refractivity contribution in [3.8, 4) is 5.75 Å². The Morgan fingerprint density at radius 1 is 1.15 bits per heavy atom. The normalized spacial score (nSPS) is 10.1. The summed E-state index contributed by atoms with van der Waals surface area (Å²) in [6, 6.07) is 12.5. The molecule has 0 bridgehead atoms. The van der Waals surface area contributed by atoms with Crippen LogP contribution in [0.4, 0.5) is 5.69 Å². The lowest BCUT2D eigenvalue weighted by molar-refractivity contribution is -0.385. The second-order valence-corrected chi connectivity index (χ2v) is 5.90. The molecule has 2 aromatic rings. The highest BCUT2D eigenvalue weighted by Gasteiger charge is 2.21. The van der Waals surface area contributed by atoms with Crippen LogP contribution in [0.2, 0.25) is 5.02 Å². The number of methoxy groups -OCH3 is 1. The van der Waals surface area contributed by atoms with Crippen LogP contribution in [0.15, 0.2) is 48.5 Å². The molecule has 0 aliphatic carbocycles. The van der Waals surface area contributed by atoms with Gasteiger partial charge in [0.15, 0.2) is 12.4 Å². The second kappa shape index (κ2) is 9.54. The maximum Gasteiger partial charge on any atom is 0.325 e. The maximum atomic E-state index is 12.5. The van der Waals surface area contributed by atoms with Gasteiger partial charge in [0, 0.05) is 17.6 Å². The Kier molecular flexibility index (Phi) is 7.13. The molecule has 0 atom stereocenters. The summed E-state index contributed by atoms with van der Waals surface area (Å²) >= 11 is 5.85. The molecule has 0 N–H and O–H groups in total. The van der Waals surface area contributed by atoms with Crippen LogP contribution >= 0.6 is 11.6 Å². The largest absolute Gasteiger partial charge is 0.477 e. The number of carbonyl (C=O) groups excluding carboxylic acids is 2. The van der Waals surface area contributed by atoms with Crippen molar-refractivity contribution in [2.75, 3.05) is 20.3 Å². The van der Waals surface area contributed by atoms with E-state index in [1.165, 1.54) is 30.2 Å². The minimum atomic E-state index is -0.597. The predicted octanol–water partition coefficient (Wildman–Crippen LogP) is 2.83. The number of rotatable bonds is 8. The first-order valence-corrected chi connectivity index (χ1v) is 8.23. The number of hydrogen-bond donors (Lipinski definition) is 0. The summed E-state index contributed by atoms with van der Waals surface area (Å²) in [6.45, 7) is -0.612. The van der Waals surface area contributed by atoms with E-state index < -0.39 is 23.4 Å². The lowest BCUT2D eigenvalue weighted by Gasteiger charge is -2.21. The molecular weight excluding hydrogens is 376 g/mol. The van der Waals surface area contributed by atoms with Gasteiger partial charge < -0.3 is 14.4 Å². The zero-order valence-corrected chi connectivity index (χ0v) is 15.2. The van der Waals surface area contributed by atoms with Gasteiger partial charge >= 0.3 is 11.7 Å². The van der Waals surface area contributed by atoms with Gasteiger partial charge in [-0.1, -0.05) is 35.9 Å². The van der Waals surface area contributed by atoms with E-state index in [1.807, 2.05) is 0 Å². The lowest BCUT2D eigenvalue weighted by Crippen LogP contribution is -2.38. The number of ether oxygens (including phenoxy) is 2. The van der Waals surface area contributed by atoms with Crippen molar-refractivity contribution in [3.63, 3.8) is 0 Å². The Labute approximate surface area is 160 Å². The number of hydrogen-bond acceptors (Lipinski definition) is 6. The first-order valence-electron chi connectivity index (χ1n) is 7.86. The molecule has 8 nitrogen and oxygen atoms in total. The molecule has 0 aromatic heterocycles. The van der Waals surface area contributed by atoms with E-state index in [0.717, 1.165) is 5.56 Å². The average molecular weight is 393 g/mol. The van der Waals surface area contributed by atoms with Crippen LogP contribution in [0, 0.1) is 10.1 Å². The van der Waals surface area contributed by atoms with Gasteiger partial charge in [0.1, 0.15) is 6.54 Å². The van der Waals surface area contributed by atoms with Crippen molar-refractivity contribution in [1.29, 1.82) is 0 Å². The molecule has 0 heterocycles. The lowest BCUT2D eigenvalue weighted by atomic mass is 10.2. The Morgan fingerprint density at radius 3 is 2.44 bits per heavy atom.